The van der Waals surface area contributed by atoms with Gasteiger partial charge in [0.25, 0.3) is 0 Å². The summed E-state index contributed by atoms with van der Waals surface area (Å²) in [4.78, 5) is 10.8. The van der Waals surface area contributed by atoms with Gasteiger partial charge in [0.15, 0.2) is 0 Å². The summed E-state index contributed by atoms with van der Waals surface area (Å²) in [6.07, 6.45) is 3.78. The molecule has 0 spiro atoms. The molecular weight excluding hydrogens is 176 g/mol. The molecule has 0 saturated heterocycles. The van der Waals surface area contributed by atoms with Crippen molar-refractivity contribution >= 4 is 5.97 Å². The Labute approximate surface area is 83.5 Å². The Hall–Kier alpha value is -1.83. The molecule has 0 unspecified atom stereocenters. The van der Waals surface area contributed by atoms with Gasteiger partial charge in [-0.05, 0) is 24.1 Å². The maximum Gasteiger partial charge on any atom is 0.335 e. The van der Waals surface area contributed by atoms with Crippen LogP contribution < -0.4 is 4.74 Å². The van der Waals surface area contributed by atoms with E-state index in [-0.39, 0.29) is 0 Å². The molecule has 2 nitrogen and oxygen atoms in total. The predicted octanol–water partition coefficient (Wildman–Crippen LogP) is 2.51. The maximum atomic E-state index is 10.8. The van der Waals surface area contributed by atoms with Crippen LogP contribution in [0.25, 0.3) is 0 Å². The Morgan fingerprint density at radius 3 is 2.43 bits per heavy atom. The monoisotopic (exact) mass is 188 g/mol. The fourth-order valence-electron chi connectivity index (χ4n) is 1.02. The first-order chi connectivity index (χ1) is 6.76. The van der Waals surface area contributed by atoms with Crippen LogP contribution in [0.4, 0.5) is 0 Å². The zero-order chi connectivity index (χ0) is 10.4. The van der Waals surface area contributed by atoms with Crippen LogP contribution in [0, 0.1) is 0 Å². The highest BCUT2D eigenvalue weighted by molar-refractivity contribution is 5.83. The Kier molecular flexibility index (Phi) is 3.68. The van der Waals surface area contributed by atoms with E-state index in [9.17, 15) is 4.79 Å². The van der Waals surface area contributed by atoms with E-state index < -0.39 is 5.97 Å². The maximum absolute atomic E-state index is 10.8. The summed E-state index contributed by atoms with van der Waals surface area (Å²) >= 11 is 0. The zero-order valence-electron chi connectivity index (χ0n) is 7.90. The van der Waals surface area contributed by atoms with Gasteiger partial charge in [0.2, 0.25) is 0 Å². The summed E-state index contributed by atoms with van der Waals surface area (Å²) in [5.41, 5.74) is 1.14. The van der Waals surface area contributed by atoms with Gasteiger partial charge in [0, 0.05) is 6.08 Å². The van der Waals surface area contributed by atoms with E-state index >= 15 is 0 Å². The molecule has 0 bridgehead atoms. The third kappa shape index (κ3) is 2.90. The highest BCUT2D eigenvalue weighted by atomic mass is 16.5. The van der Waals surface area contributed by atoms with Crippen LogP contribution in [0.15, 0.2) is 49.6 Å². The number of hydrogen-bond donors (Lipinski definition) is 0. The molecule has 2 heteroatoms. The van der Waals surface area contributed by atoms with E-state index in [4.69, 9.17) is 4.74 Å². The van der Waals surface area contributed by atoms with Crippen LogP contribution in [0.3, 0.4) is 0 Å². The zero-order valence-corrected chi connectivity index (χ0v) is 7.90. The summed E-state index contributed by atoms with van der Waals surface area (Å²) in [5, 5.41) is 0. The Balaban J connectivity index is 2.68. The van der Waals surface area contributed by atoms with Gasteiger partial charge >= 0.3 is 5.97 Å². The summed E-state index contributed by atoms with van der Waals surface area (Å²) in [5.74, 6) is 0.0872. The molecule has 0 radical (unpaired) electrons. The molecule has 0 aromatic heterocycles. The van der Waals surface area contributed by atoms with Crippen molar-refractivity contribution in [3.63, 3.8) is 0 Å². The largest absolute Gasteiger partial charge is 0.423 e. The number of rotatable bonds is 4. The quantitative estimate of drug-likeness (QED) is 0.314. The molecule has 0 aliphatic rings. The molecule has 0 atom stereocenters. The van der Waals surface area contributed by atoms with Crippen molar-refractivity contribution in [3.8, 4) is 5.75 Å². The standard InChI is InChI=1S/C12H12O2/c1-3-5-10-6-8-11(9-7-10)14-12(13)4-2/h3-4,6-9H,1-2,5H2. The SMILES string of the molecule is C=CCc1ccc(OC(=O)C=C)cc1. The van der Waals surface area contributed by atoms with Crippen molar-refractivity contribution in [1.29, 1.82) is 0 Å². The second-order valence-electron chi connectivity index (χ2n) is 2.76. The van der Waals surface area contributed by atoms with Crippen LogP contribution >= 0.6 is 0 Å². The average Bonchev–Trinajstić information content (AvgIpc) is 2.21. The van der Waals surface area contributed by atoms with Crippen molar-refractivity contribution in [2.45, 2.75) is 6.42 Å². The lowest BCUT2D eigenvalue weighted by molar-refractivity contribution is -0.128. The first-order valence-corrected chi connectivity index (χ1v) is 4.30. The topological polar surface area (TPSA) is 26.3 Å². The van der Waals surface area contributed by atoms with Crippen LogP contribution in [0.2, 0.25) is 0 Å². The molecule has 0 saturated carbocycles. The molecule has 0 N–H and O–H groups in total. The van der Waals surface area contributed by atoms with Gasteiger partial charge in [-0.3, -0.25) is 0 Å². The number of hydrogen-bond acceptors (Lipinski definition) is 2. The average molecular weight is 188 g/mol. The highest BCUT2D eigenvalue weighted by Crippen LogP contribution is 2.12. The molecule has 0 fully saturated rings. The number of carbonyl (C=O) groups excluding carboxylic acids is 1. The van der Waals surface area contributed by atoms with Crippen molar-refractivity contribution in [1.82, 2.24) is 0 Å². The van der Waals surface area contributed by atoms with E-state index in [0.29, 0.717) is 5.75 Å². The van der Waals surface area contributed by atoms with Gasteiger partial charge in [-0.15, -0.1) is 6.58 Å². The number of allylic oxidation sites excluding steroid dienone is 1. The van der Waals surface area contributed by atoms with Gasteiger partial charge in [-0.2, -0.15) is 0 Å². The molecule has 72 valence electrons. The molecular formula is C12H12O2. The molecule has 0 amide bonds. The Bertz CT molecular complexity index is 336. The fraction of sp³-hybridized carbons (Fsp3) is 0.0833. The van der Waals surface area contributed by atoms with Crippen molar-refractivity contribution < 1.29 is 9.53 Å². The molecule has 1 rings (SSSR count). The minimum atomic E-state index is -0.443. The van der Waals surface area contributed by atoms with Gasteiger partial charge in [0.1, 0.15) is 5.75 Å². The number of esters is 1. The van der Waals surface area contributed by atoms with E-state index in [1.807, 2.05) is 18.2 Å². The van der Waals surface area contributed by atoms with Crippen molar-refractivity contribution in [2.24, 2.45) is 0 Å². The van der Waals surface area contributed by atoms with Gasteiger partial charge in [-0.25, -0.2) is 4.79 Å². The van der Waals surface area contributed by atoms with Crippen molar-refractivity contribution in [3.05, 3.63) is 55.1 Å². The molecule has 1 aromatic rings. The normalized spacial score (nSPS) is 9.14. The number of carbonyl (C=O) groups is 1. The van der Waals surface area contributed by atoms with Gasteiger partial charge in [-0.1, -0.05) is 24.8 Å². The third-order valence-corrected chi connectivity index (χ3v) is 1.69. The van der Waals surface area contributed by atoms with Crippen molar-refractivity contribution in [2.75, 3.05) is 0 Å². The fourth-order valence-corrected chi connectivity index (χ4v) is 1.02. The van der Waals surface area contributed by atoms with Gasteiger partial charge in [0.05, 0.1) is 0 Å². The molecule has 0 aliphatic heterocycles. The Morgan fingerprint density at radius 2 is 1.93 bits per heavy atom. The first-order valence-electron chi connectivity index (χ1n) is 4.30. The van der Waals surface area contributed by atoms with E-state index in [2.05, 4.69) is 13.2 Å². The first kappa shape index (κ1) is 10.3. The van der Waals surface area contributed by atoms with Gasteiger partial charge < -0.3 is 4.74 Å². The van der Waals surface area contributed by atoms with Crippen LogP contribution in [-0.4, -0.2) is 5.97 Å². The highest BCUT2D eigenvalue weighted by Gasteiger charge is 1.98. The summed E-state index contributed by atoms with van der Waals surface area (Å²) < 4.78 is 4.91. The lowest BCUT2D eigenvalue weighted by Crippen LogP contribution is -2.02. The summed E-state index contributed by atoms with van der Waals surface area (Å²) in [6, 6.07) is 7.29. The van der Waals surface area contributed by atoms with Crippen LogP contribution in [0.1, 0.15) is 5.56 Å². The number of benzene rings is 1. The second-order valence-corrected chi connectivity index (χ2v) is 2.76. The van der Waals surface area contributed by atoms with E-state index in [0.717, 1.165) is 18.1 Å². The molecule has 0 heterocycles. The third-order valence-electron chi connectivity index (χ3n) is 1.69. The molecule has 14 heavy (non-hydrogen) atoms. The minimum Gasteiger partial charge on any atom is -0.423 e. The predicted molar refractivity (Wildman–Crippen MR) is 56.2 cm³/mol. The summed E-state index contributed by atoms with van der Waals surface area (Å²) in [7, 11) is 0. The Morgan fingerprint density at radius 1 is 1.29 bits per heavy atom. The van der Waals surface area contributed by atoms with Crippen LogP contribution in [-0.2, 0) is 11.2 Å². The number of ether oxygens (including phenoxy) is 1. The smallest absolute Gasteiger partial charge is 0.335 e. The lowest BCUT2D eigenvalue weighted by atomic mass is 10.1. The van der Waals surface area contributed by atoms with E-state index in [1.165, 1.54) is 0 Å². The minimum absolute atomic E-state index is 0.443. The molecule has 0 aliphatic carbocycles. The lowest BCUT2D eigenvalue weighted by Gasteiger charge is -2.01. The summed E-state index contributed by atoms with van der Waals surface area (Å²) in [6.45, 7) is 6.96. The molecule has 1 aromatic carbocycles. The van der Waals surface area contributed by atoms with E-state index in [1.54, 1.807) is 12.1 Å². The second kappa shape index (κ2) is 5.02. The van der Waals surface area contributed by atoms with Crippen LogP contribution in [0.5, 0.6) is 5.75 Å².